The molecule has 0 atom stereocenters. The zero-order chi connectivity index (χ0) is 9.68. The molecule has 13 heavy (non-hydrogen) atoms. The Morgan fingerprint density at radius 2 is 2.00 bits per heavy atom. The van der Waals surface area contributed by atoms with Crippen molar-refractivity contribution in [2.24, 2.45) is 0 Å². The average Bonchev–Trinajstić information content (AvgIpc) is 2.08. The lowest BCUT2D eigenvalue weighted by Crippen LogP contribution is -2.40. The summed E-state index contributed by atoms with van der Waals surface area (Å²) in [5.41, 5.74) is 0. The third kappa shape index (κ3) is 4.60. The number of aliphatic hydroxyl groups excluding tert-OH is 1. The standard InChI is InChI=1S/C10H22N2O/c1-9(2)11-5-8-12-6-3-10(13)4-7-12/h9-11,13H,3-8H2,1-2H3. The molecule has 1 fully saturated rings. The molecule has 0 aliphatic carbocycles. The molecule has 1 rings (SSSR count). The van der Waals surface area contributed by atoms with Crippen LogP contribution in [0.2, 0.25) is 0 Å². The van der Waals surface area contributed by atoms with Crippen LogP contribution in [-0.2, 0) is 0 Å². The lowest BCUT2D eigenvalue weighted by atomic mass is 10.1. The first-order valence-corrected chi connectivity index (χ1v) is 5.32. The molecule has 0 aromatic heterocycles. The first-order valence-electron chi connectivity index (χ1n) is 5.32. The monoisotopic (exact) mass is 186 g/mol. The Bertz CT molecular complexity index is 131. The van der Waals surface area contributed by atoms with Crippen LogP contribution >= 0.6 is 0 Å². The van der Waals surface area contributed by atoms with Gasteiger partial charge in [-0.25, -0.2) is 0 Å². The minimum atomic E-state index is -0.0469. The molecule has 3 heteroatoms. The molecule has 1 heterocycles. The number of rotatable bonds is 4. The van der Waals surface area contributed by atoms with E-state index in [4.69, 9.17) is 0 Å². The Labute approximate surface area is 81.1 Å². The van der Waals surface area contributed by atoms with Crippen LogP contribution in [0, 0.1) is 0 Å². The summed E-state index contributed by atoms with van der Waals surface area (Å²) < 4.78 is 0. The van der Waals surface area contributed by atoms with E-state index in [2.05, 4.69) is 24.1 Å². The molecule has 0 saturated carbocycles. The van der Waals surface area contributed by atoms with Gasteiger partial charge in [-0.15, -0.1) is 0 Å². The molecule has 0 aromatic rings. The van der Waals surface area contributed by atoms with Crippen LogP contribution in [-0.4, -0.2) is 48.3 Å². The van der Waals surface area contributed by atoms with Crippen molar-refractivity contribution in [3.8, 4) is 0 Å². The first-order chi connectivity index (χ1) is 6.18. The van der Waals surface area contributed by atoms with E-state index in [1.807, 2.05) is 0 Å². The van der Waals surface area contributed by atoms with E-state index in [0.717, 1.165) is 39.0 Å². The molecule has 0 aromatic carbocycles. The lowest BCUT2D eigenvalue weighted by molar-refractivity contribution is 0.0828. The minimum absolute atomic E-state index is 0.0469. The molecule has 3 nitrogen and oxygen atoms in total. The van der Waals surface area contributed by atoms with Crippen LogP contribution < -0.4 is 5.32 Å². The molecule has 0 radical (unpaired) electrons. The van der Waals surface area contributed by atoms with Gasteiger partial charge in [-0.3, -0.25) is 0 Å². The molecule has 78 valence electrons. The maximum Gasteiger partial charge on any atom is 0.0564 e. The molecule has 0 amide bonds. The summed E-state index contributed by atoms with van der Waals surface area (Å²) in [5, 5.41) is 12.7. The molecule has 0 bridgehead atoms. The summed E-state index contributed by atoms with van der Waals surface area (Å²) in [6, 6.07) is 0.579. The van der Waals surface area contributed by atoms with Gasteiger partial charge in [0.05, 0.1) is 6.10 Å². The van der Waals surface area contributed by atoms with Crippen LogP contribution in [0.1, 0.15) is 26.7 Å². The number of nitrogens with one attached hydrogen (secondary N) is 1. The second kappa shape index (κ2) is 5.58. The van der Waals surface area contributed by atoms with E-state index in [1.165, 1.54) is 0 Å². The van der Waals surface area contributed by atoms with Gasteiger partial charge in [-0.1, -0.05) is 13.8 Å². The fourth-order valence-corrected chi connectivity index (χ4v) is 1.65. The van der Waals surface area contributed by atoms with Crippen molar-refractivity contribution in [2.45, 2.75) is 38.8 Å². The van der Waals surface area contributed by atoms with Crippen molar-refractivity contribution in [1.82, 2.24) is 10.2 Å². The summed E-state index contributed by atoms with van der Waals surface area (Å²) in [7, 11) is 0. The van der Waals surface area contributed by atoms with Crippen molar-refractivity contribution in [3.63, 3.8) is 0 Å². The van der Waals surface area contributed by atoms with Crippen LogP contribution in [0.25, 0.3) is 0 Å². The normalized spacial score (nSPS) is 21.2. The van der Waals surface area contributed by atoms with Gasteiger partial charge in [0.15, 0.2) is 0 Å². The van der Waals surface area contributed by atoms with Crippen molar-refractivity contribution in [1.29, 1.82) is 0 Å². The van der Waals surface area contributed by atoms with Gasteiger partial charge in [0.1, 0.15) is 0 Å². The van der Waals surface area contributed by atoms with E-state index in [0.29, 0.717) is 6.04 Å². The Kier molecular flexibility index (Phi) is 4.70. The average molecular weight is 186 g/mol. The fourth-order valence-electron chi connectivity index (χ4n) is 1.65. The second-order valence-corrected chi connectivity index (χ2v) is 4.18. The number of likely N-dealkylation sites (tertiary alicyclic amines) is 1. The van der Waals surface area contributed by atoms with Gasteiger partial charge < -0.3 is 15.3 Å². The Balaban J connectivity index is 2.02. The van der Waals surface area contributed by atoms with Gasteiger partial charge in [-0.2, -0.15) is 0 Å². The molecule has 1 aliphatic rings. The summed E-state index contributed by atoms with van der Waals surface area (Å²) in [5.74, 6) is 0. The van der Waals surface area contributed by atoms with Crippen LogP contribution in [0.4, 0.5) is 0 Å². The number of hydrogen-bond acceptors (Lipinski definition) is 3. The highest BCUT2D eigenvalue weighted by Crippen LogP contribution is 2.08. The zero-order valence-corrected chi connectivity index (χ0v) is 8.79. The quantitative estimate of drug-likeness (QED) is 0.669. The van der Waals surface area contributed by atoms with Crippen LogP contribution in [0.5, 0.6) is 0 Å². The van der Waals surface area contributed by atoms with E-state index in [-0.39, 0.29) is 6.10 Å². The predicted octanol–water partition coefficient (Wildman–Crippen LogP) is 0.441. The molecule has 1 saturated heterocycles. The third-order valence-corrected chi connectivity index (χ3v) is 2.54. The highest BCUT2D eigenvalue weighted by atomic mass is 16.3. The summed E-state index contributed by atoms with van der Waals surface area (Å²) in [4.78, 5) is 2.42. The Morgan fingerprint density at radius 3 is 2.54 bits per heavy atom. The molecular formula is C10H22N2O. The van der Waals surface area contributed by atoms with Crippen molar-refractivity contribution in [3.05, 3.63) is 0 Å². The second-order valence-electron chi connectivity index (χ2n) is 4.18. The summed E-state index contributed by atoms with van der Waals surface area (Å²) in [6.07, 6.45) is 1.85. The largest absolute Gasteiger partial charge is 0.393 e. The van der Waals surface area contributed by atoms with Crippen molar-refractivity contribution in [2.75, 3.05) is 26.2 Å². The van der Waals surface area contributed by atoms with Crippen molar-refractivity contribution < 1.29 is 5.11 Å². The van der Waals surface area contributed by atoms with Crippen LogP contribution in [0.15, 0.2) is 0 Å². The van der Waals surface area contributed by atoms with E-state index in [1.54, 1.807) is 0 Å². The Hall–Kier alpha value is -0.120. The molecular weight excluding hydrogens is 164 g/mol. The molecule has 2 N–H and O–H groups in total. The van der Waals surface area contributed by atoms with Gasteiger partial charge in [0, 0.05) is 32.2 Å². The lowest BCUT2D eigenvalue weighted by Gasteiger charge is -2.29. The number of piperidine rings is 1. The highest BCUT2D eigenvalue weighted by molar-refractivity contribution is 4.71. The smallest absolute Gasteiger partial charge is 0.0564 e. The van der Waals surface area contributed by atoms with Crippen LogP contribution in [0.3, 0.4) is 0 Å². The number of aliphatic hydroxyl groups is 1. The SMILES string of the molecule is CC(C)NCCN1CCC(O)CC1. The van der Waals surface area contributed by atoms with Gasteiger partial charge in [0.25, 0.3) is 0 Å². The van der Waals surface area contributed by atoms with Gasteiger partial charge in [-0.05, 0) is 12.8 Å². The first kappa shape index (κ1) is 11.0. The summed E-state index contributed by atoms with van der Waals surface area (Å²) >= 11 is 0. The number of hydrogen-bond donors (Lipinski definition) is 2. The predicted molar refractivity (Wildman–Crippen MR) is 54.8 cm³/mol. The minimum Gasteiger partial charge on any atom is -0.393 e. The zero-order valence-electron chi connectivity index (χ0n) is 8.79. The fraction of sp³-hybridized carbons (Fsp3) is 1.00. The van der Waals surface area contributed by atoms with Crippen molar-refractivity contribution >= 4 is 0 Å². The molecule has 0 spiro atoms. The topological polar surface area (TPSA) is 35.5 Å². The van der Waals surface area contributed by atoms with E-state index >= 15 is 0 Å². The van der Waals surface area contributed by atoms with E-state index < -0.39 is 0 Å². The summed E-state index contributed by atoms with van der Waals surface area (Å²) in [6.45, 7) is 8.63. The maximum absolute atomic E-state index is 9.30. The van der Waals surface area contributed by atoms with Gasteiger partial charge >= 0.3 is 0 Å². The highest BCUT2D eigenvalue weighted by Gasteiger charge is 2.15. The molecule has 0 unspecified atom stereocenters. The third-order valence-electron chi connectivity index (χ3n) is 2.54. The maximum atomic E-state index is 9.30. The van der Waals surface area contributed by atoms with E-state index in [9.17, 15) is 5.11 Å². The Morgan fingerprint density at radius 1 is 1.38 bits per heavy atom. The number of nitrogens with zero attached hydrogens (tertiary/aromatic N) is 1. The van der Waals surface area contributed by atoms with Gasteiger partial charge in [0.2, 0.25) is 0 Å². The molecule has 1 aliphatic heterocycles.